The number of nitrogens with one attached hydrogen (secondary N) is 1. The van der Waals surface area contributed by atoms with Gasteiger partial charge in [-0.1, -0.05) is 39.0 Å². The Kier molecular flexibility index (Phi) is 6.27. The first-order valence-corrected chi connectivity index (χ1v) is 8.42. The molecule has 26 heavy (non-hydrogen) atoms. The first-order valence-electron chi connectivity index (χ1n) is 8.42. The smallest absolute Gasteiger partial charge is 0.332 e. The molecule has 2 rings (SSSR count). The molecule has 0 bridgehead atoms. The summed E-state index contributed by atoms with van der Waals surface area (Å²) in [6, 6.07) is 6.06. The van der Waals surface area contributed by atoms with Crippen LogP contribution in [-0.4, -0.2) is 39.3 Å². The average Bonchev–Trinajstić information content (AvgIpc) is 3.12. The number of amides is 1. The molecule has 138 valence electrons. The molecule has 7 heteroatoms. The number of carbonyl (C=O) groups is 2. The largest absolute Gasteiger partial charge is 0.464 e. The topological polar surface area (TPSA) is 86.1 Å². The van der Waals surface area contributed by atoms with Gasteiger partial charge in [-0.25, -0.2) is 14.5 Å². The van der Waals surface area contributed by atoms with Crippen molar-refractivity contribution in [1.82, 2.24) is 20.1 Å². The van der Waals surface area contributed by atoms with Crippen LogP contribution < -0.4 is 5.32 Å². The van der Waals surface area contributed by atoms with Gasteiger partial charge in [0.05, 0.1) is 12.3 Å². The summed E-state index contributed by atoms with van der Waals surface area (Å²) < 4.78 is 6.62. The quantitative estimate of drug-likeness (QED) is 0.635. The van der Waals surface area contributed by atoms with Crippen LogP contribution in [0.15, 0.2) is 49.1 Å². The maximum Gasteiger partial charge on any atom is 0.332 e. The fourth-order valence-electron chi connectivity index (χ4n) is 2.16. The molecule has 0 aliphatic heterocycles. The highest BCUT2D eigenvalue weighted by Crippen LogP contribution is 2.15. The summed E-state index contributed by atoms with van der Waals surface area (Å²) in [5.74, 6) is -0.864. The van der Waals surface area contributed by atoms with Crippen molar-refractivity contribution in [2.24, 2.45) is 5.41 Å². The van der Waals surface area contributed by atoms with Crippen LogP contribution in [0, 0.1) is 5.41 Å². The van der Waals surface area contributed by atoms with E-state index in [0.717, 1.165) is 0 Å². The van der Waals surface area contributed by atoms with E-state index >= 15 is 0 Å². The van der Waals surface area contributed by atoms with E-state index < -0.39 is 12.0 Å². The molecule has 1 heterocycles. The number of aromatic nitrogens is 3. The zero-order valence-corrected chi connectivity index (χ0v) is 15.5. The molecule has 0 aliphatic rings. The van der Waals surface area contributed by atoms with Gasteiger partial charge in [0, 0.05) is 5.56 Å². The van der Waals surface area contributed by atoms with E-state index in [-0.39, 0.29) is 17.9 Å². The molecule has 1 aromatic carbocycles. The third kappa shape index (κ3) is 5.54. The van der Waals surface area contributed by atoms with E-state index in [1.165, 1.54) is 6.33 Å². The van der Waals surface area contributed by atoms with Crippen molar-refractivity contribution < 1.29 is 14.3 Å². The lowest BCUT2D eigenvalue weighted by Crippen LogP contribution is -2.40. The van der Waals surface area contributed by atoms with Crippen molar-refractivity contribution in [1.29, 1.82) is 0 Å². The van der Waals surface area contributed by atoms with E-state index in [1.54, 1.807) is 42.2 Å². The molecule has 1 N–H and O–H groups in total. The van der Waals surface area contributed by atoms with Crippen molar-refractivity contribution in [3.05, 3.63) is 54.6 Å². The summed E-state index contributed by atoms with van der Waals surface area (Å²) in [6.45, 7) is 8.00. The lowest BCUT2D eigenvalue weighted by molar-refractivity contribution is -0.144. The highest BCUT2D eigenvalue weighted by atomic mass is 16.5. The van der Waals surface area contributed by atoms with Crippen LogP contribution in [0.5, 0.6) is 0 Å². The standard InChI is InChI=1S/C19H24N4O3/c1-5-26-18(25)16(9-10-19(2,3)4)22-17(24)14-7-6-8-15(11-14)23-13-20-12-21-23/h6-13,16H,5H2,1-4H3,(H,22,24). The molecule has 1 unspecified atom stereocenters. The molecule has 1 atom stereocenters. The van der Waals surface area contributed by atoms with Crippen LogP contribution >= 0.6 is 0 Å². The normalized spacial score (nSPS) is 12.8. The summed E-state index contributed by atoms with van der Waals surface area (Å²) in [5, 5.41) is 6.76. The maximum absolute atomic E-state index is 12.6. The molecular formula is C19H24N4O3. The SMILES string of the molecule is CCOC(=O)C(C=CC(C)(C)C)NC(=O)c1cccc(-n2cncn2)c1. The van der Waals surface area contributed by atoms with Gasteiger partial charge in [-0.05, 0) is 30.5 Å². The Labute approximate surface area is 153 Å². The molecule has 0 saturated carbocycles. The molecule has 0 radical (unpaired) electrons. The third-order valence-electron chi connectivity index (χ3n) is 3.41. The van der Waals surface area contributed by atoms with Crippen LogP contribution in [-0.2, 0) is 9.53 Å². The predicted molar refractivity (Wildman–Crippen MR) is 97.8 cm³/mol. The minimum absolute atomic E-state index is 0.123. The minimum atomic E-state index is -0.850. The second-order valence-electron chi connectivity index (χ2n) is 6.82. The zero-order valence-electron chi connectivity index (χ0n) is 15.5. The van der Waals surface area contributed by atoms with Crippen molar-refractivity contribution in [3.63, 3.8) is 0 Å². The van der Waals surface area contributed by atoms with Gasteiger partial charge in [0.2, 0.25) is 0 Å². The van der Waals surface area contributed by atoms with Crippen LogP contribution in [0.25, 0.3) is 5.69 Å². The van der Waals surface area contributed by atoms with Gasteiger partial charge >= 0.3 is 5.97 Å². The number of rotatable bonds is 6. The van der Waals surface area contributed by atoms with E-state index in [4.69, 9.17) is 4.74 Å². The van der Waals surface area contributed by atoms with Gasteiger partial charge in [0.15, 0.2) is 0 Å². The predicted octanol–water partition coefficient (Wildman–Crippen LogP) is 2.53. The lowest BCUT2D eigenvalue weighted by atomic mass is 9.95. The first-order chi connectivity index (χ1) is 12.3. The van der Waals surface area contributed by atoms with E-state index in [0.29, 0.717) is 11.3 Å². The number of nitrogens with zero attached hydrogens (tertiary/aromatic N) is 3. The molecule has 1 amide bonds. The molecule has 1 aromatic heterocycles. The summed E-state index contributed by atoms with van der Waals surface area (Å²) in [7, 11) is 0. The van der Waals surface area contributed by atoms with Gasteiger partial charge in [-0.2, -0.15) is 5.10 Å². The van der Waals surface area contributed by atoms with Crippen LogP contribution in [0.2, 0.25) is 0 Å². The fraction of sp³-hybridized carbons (Fsp3) is 0.368. The number of allylic oxidation sites excluding steroid dienone is 1. The Morgan fingerprint density at radius 3 is 2.73 bits per heavy atom. The second kappa shape index (κ2) is 8.42. The number of benzene rings is 1. The van der Waals surface area contributed by atoms with Gasteiger partial charge in [0.1, 0.15) is 18.7 Å². The number of esters is 1. The lowest BCUT2D eigenvalue weighted by Gasteiger charge is -2.17. The minimum Gasteiger partial charge on any atom is -0.464 e. The van der Waals surface area contributed by atoms with Crippen LogP contribution in [0.3, 0.4) is 0 Å². The number of ether oxygens (including phenoxy) is 1. The monoisotopic (exact) mass is 356 g/mol. The molecular weight excluding hydrogens is 332 g/mol. The highest BCUT2D eigenvalue weighted by Gasteiger charge is 2.21. The van der Waals surface area contributed by atoms with Gasteiger partial charge < -0.3 is 10.1 Å². The molecule has 0 aliphatic carbocycles. The Bertz CT molecular complexity index is 776. The van der Waals surface area contributed by atoms with Gasteiger partial charge in [0.25, 0.3) is 5.91 Å². The van der Waals surface area contributed by atoms with Gasteiger partial charge in [-0.15, -0.1) is 0 Å². The van der Waals surface area contributed by atoms with Crippen molar-refractivity contribution in [3.8, 4) is 5.69 Å². The second-order valence-corrected chi connectivity index (χ2v) is 6.82. The van der Waals surface area contributed by atoms with Crippen molar-refractivity contribution >= 4 is 11.9 Å². The summed E-state index contributed by atoms with van der Waals surface area (Å²) in [6.07, 6.45) is 6.50. The Morgan fingerprint density at radius 1 is 1.35 bits per heavy atom. The first kappa shape index (κ1) is 19.4. The maximum atomic E-state index is 12.6. The summed E-state index contributed by atoms with van der Waals surface area (Å²) in [5.41, 5.74) is 0.993. The average molecular weight is 356 g/mol. The van der Waals surface area contributed by atoms with Gasteiger partial charge in [-0.3, -0.25) is 4.79 Å². The molecule has 0 spiro atoms. The summed E-state index contributed by atoms with van der Waals surface area (Å²) >= 11 is 0. The number of hydrogen-bond acceptors (Lipinski definition) is 5. The Morgan fingerprint density at radius 2 is 2.12 bits per heavy atom. The van der Waals surface area contributed by atoms with Crippen LogP contribution in [0.1, 0.15) is 38.1 Å². The summed E-state index contributed by atoms with van der Waals surface area (Å²) in [4.78, 5) is 28.7. The van der Waals surface area contributed by atoms with E-state index in [9.17, 15) is 9.59 Å². The molecule has 0 saturated heterocycles. The van der Waals surface area contributed by atoms with Crippen molar-refractivity contribution in [2.75, 3.05) is 6.61 Å². The number of hydrogen-bond donors (Lipinski definition) is 1. The third-order valence-corrected chi connectivity index (χ3v) is 3.41. The Hall–Kier alpha value is -2.96. The van der Waals surface area contributed by atoms with Crippen molar-refractivity contribution in [2.45, 2.75) is 33.7 Å². The highest BCUT2D eigenvalue weighted by molar-refractivity contribution is 5.97. The fourth-order valence-corrected chi connectivity index (χ4v) is 2.16. The van der Waals surface area contributed by atoms with Crippen LogP contribution in [0.4, 0.5) is 0 Å². The van der Waals surface area contributed by atoms with E-state index in [1.807, 2.05) is 32.9 Å². The molecule has 7 nitrogen and oxygen atoms in total. The molecule has 0 fully saturated rings. The zero-order chi connectivity index (χ0) is 19.2. The Balaban J connectivity index is 2.19. The molecule has 2 aromatic rings. The number of carbonyl (C=O) groups excluding carboxylic acids is 2. The van der Waals surface area contributed by atoms with E-state index in [2.05, 4.69) is 15.4 Å².